The molecule has 0 bridgehead atoms. The first-order chi connectivity index (χ1) is 5.91. The van der Waals surface area contributed by atoms with E-state index in [1.807, 2.05) is 0 Å². The highest BCUT2D eigenvalue weighted by molar-refractivity contribution is 7.92. The van der Waals surface area contributed by atoms with E-state index in [4.69, 9.17) is 10.5 Å². The highest BCUT2D eigenvalue weighted by atomic mass is 32.2. The molecule has 13 heavy (non-hydrogen) atoms. The standard InChI is InChI=1S/C8H18N2O2S/c1-13(2,11)10-7-8(9)3-5-12-6-4-8/h3-7,9H2,1-2H3. The van der Waals surface area contributed by atoms with Gasteiger partial charge in [-0.3, -0.25) is 4.21 Å². The number of hydrogen-bond donors (Lipinski definition) is 1. The van der Waals surface area contributed by atoms with E-state index in [9.17, 15) is 4.21 Å². The summed E-state index contributed by atoms with van der Waals surface area (Å²) in [5, 5.41) is 0. The van der Waals surface area contributed by atoms with Gasteiger partial charge in [-0.1, -0.05) is 0 Å². The Morgan fingerprint density at radius 3 is 2.46 bits per heavy atom. The van der Waals surface area contributed by atoms with Crippen LogP contribution in [0.25, 0.3) is 0 Å². The number of nitrogens with two attached hydrogens (primary N) is 1. The first-order valence-corrected chi connectivity index (χ1v) is 6.74. The zero-order valence-corrected chi connectivity index (χ0v) is 9.10. The molecular formula is C8H18N2O2S. The molecule has 0 saturated carbocycles. The Morgan fingerprint density at radius 2 is 2.00 bits per heavy atom. The third-order valence-corrected chi connectivity index (χ3v) is 2.93. The van der Waals surface area contributed by atoms with Crippen LogP contribution in [0, 0.1) is 0 Å². The van der Waals surface area contributed by atoms with Gasteiger partial charge in [0.1, 0.15) is 0 Å². The quantitative estimate of drug-likeness (QED) is 0.703. The molecule has 5 heteroatoms. The van der Waals surface area contributed by atoms with Crippen LogP contribution in [0.5, 0.6) is 0 Å². The molecule has 0 atom stereocenters. The van der Waals surface area contributed by atoms with Crippen LogP contribution in [0.3, 0.4) is 0 Å². The Morgan fingerprint density at radius 1 is 1.46 bits per heavy atom. The molecule has 2 N–H and O–H groups in total. The van der Waals surface area contributed by atoms with Crippen molar-refractivity contribution in [1.82, 2.24) is 0 Å². The van der Waals surface area contributed by atoms with Crippen molar-refractivity contribution in [3.8, 4) is 0 Å². The molecule has 1 rings (SSSR count). The predicted octanol–water partition coefficient (Wildman–Crippen LogP) is 0.222. The van der Waals surface area contributed by atoms with Gasteiger partial charge in [0.25, 0.3) is 0 Å². The normalized spacial score (nSPS) is 22.7. The van der Waals surface area contributed by atoms with Gasteiger partial charge in [0, 0.05) is 41.0 Å². The number of ether oxygens (including phenoxy) is 1. The van der Waals surface area contributed by atoms with E-state index in [2.05, 4.69) is 4.36 Å². The van der Waals surface area contributed by atoms with Crippen LogP contribution in [0.15, 0.2) is 4.36 Å². The Hall–Kier alpha value is -0.130. The van der Waals surface area contributed by atoms with Gasteiger partial charge in [-0.25, -0.2) is 4.36 Å². The minimum atomic E-state index is -2.01. The van der Waals surface area contributed by atoms with Gasteiger partial charge in [0.15, 0.2) is 0 Å². The molecule has 0 aliphatic carbocycles. The van der Waals surface area contributed by atoms with E-state index < -0.39 is 9.73 Å². The van der Waals surface area contributed by atoms with Crippen molar-refractivity contribution in [3.05, 3.63) is 0 Å². The maximum Gasteiger partial charge on any atom is 0.0665 e. The van der Waals surface area contributed by atoms with Crippen LogP contribution in [0.1, 0.15) is 12.8 Å². The Kier molecular flexibility index (Phi) is 3.32. The van der Waals surface area contributed by atoms with Crippen molar-refractivity contribution < 1.29 is 8.95 Å². The second-order valence-corrected chi connectivity index (χ2v) is 6.56. The molecule has 0 amide bonds. The van der Waals surface area contributed by atoms with E-state index in [0.717, 1.165) is 12.8 Å². The molecule has 78 valence electrons. The molecule has 0 aromatic heterocycles. The fourth-order valence-corrected chi connectivity index (χ4v) is 1.79. The van der Waals surface area contributed by atoms with Gasteiger partial charge in [-0.05, 0) is 12.8 Å². The Balaban J connectivity index is 2.56. The molecule has 0 spiro atoms. The lowest BCUT2D eigenvalue weighted by Crippen LogP contribution is -2.47. The molecular weight excluding hydrogens is 188 g/mol. The molecule has 0 unspecified atom stereocenters. The molecule has 4 nitrogen and oxygen atoms in total. The minimum absolute atomic E-state index is 0.285. The molecule has 0 aromatic carbocycles. The molecule has 0 radical (unpaired) electrons. The average molecular weight is 206 g/mol. The number of hydrogen-bond acceptors (Lipinski definition) is 4. The third-order valence-electron chi connectivity index (χ3n) is 2.18. The van der Waals surface area contributed by atoms with Crippen molar-refractivity contribution >= 4 is 9.73 Å². The largest absolute Gasteiger partial charge is 0.381 e. The van der Waals surface area contributed by atoms with Crippen molar-refractivity contribution in [2.45, 2.75) is 18.4 Å². The van der Waals surface area contributed by atoms with Crippen molar-refractivity contribution in [1.29, 1.82) is 0 Å². The topological polar surface area (TPSA) is 64.7 Å². The van der Waals surface area contributed by atoms with Gasteiger partial charge >= 0.3 is 0 Å². The summed E-state index contributed by atoms with van der Waals surface area (Å²) in [5.41, 5.74) is 5.78. The lowest BCUT2D eigenvalue weighted by molar-refractivity contribution is 0.0564. The smallest absolute Gasteiger partial charge is 0.0665 e. The zero-order chi connectivity index (χ0) is 9.95. The fraction of sp³-hybridized carbons (Fsp3) is 1.00. The van der Waals surface area contributed by atoms with Crippen molar-refractivity contribution in [2.24, 2.45) is 10.1 Å². The van der Waals surface area contributed by atoms with Crippen molar-refractivity contribution in [3.63, 3.8) is 0 Å². The summed E-state index contributed by atoms with van der Waals surface area (Å²) in [6, 6.07) is 0. The summed E-state index contributed by atoms with van der Waals surface area (Å²) < 4.78 is 20.6. The summed E-state index contributed by atoms with van der Waals surface area (Å²) in [5.74, 6) is 0. The van der Waals surface area contributed by atoms with Crippen LogP contribution >= 0.6 is 0 Å². The summed E-state index contributed by atoms with van der Waals surface area (Å²) in [6.07, 6.45) is 4.89. The molecule has 1 heterocycles. The van der Waals surface area contributed by atoms with E-state index in [1.165, 1.54) is 0 Å². The first-order valence-electron chi connectivity index (χ1n) is 4.41. The Labute approximate surface area is 80.0 Å². The SMILES string of the molecule is CS(C)(=O)=NCC1(N)CCOCC1. The number of rotatable bonds is 2. The highest BCUT2D eigenvalue weighted by Gasteiger charge is 2.27. The van der Waals surface area contributed by atoms with Crippen LogP contribution < -0.4 is 5.73 Å². The van der Waals surface area contributed by atoms with E-state index in [-0.39, 0.29) is 5.54 Å². The second kappa shape index (κ2) is 3.94. The molecule has 1 aliphatic heterocycles. The maximum atomic E-state index is 11.3. The Bertz CT molecular complexity index is 268. The minimum Gasteiger partial charge on any atom is -0.381 e. The lowest BCUT2D eigenvalue weighted by atomic mass is 9.92. The van der Waals surface area contributed by atoms with Gasteiger partial charge in [0.05, 0.1) is 6.54 Å². The molecule has 1 aliphatic rings. The van der Waals surface area contributed by atoms with Gasteiger partial charge in [-0.15, -0.1) is 0 Å². The van der Waals surface area contributed by atoms with E-state index in [0.29, 0.717) is 19.8 Å². The van der Waals surface area contributed by atoms with Crippen LogP contribution in [0.4, 0.5) is 0 Å². The molecule has 1 saturated heterocycles. The first kappa shape index (κ1) is 10.9. The fourth-order valence-electron chi connectivity index (χ4n) is 1.22. The van der Waals surface area contributed by atoms with Gasteiger partial charge in [0.2, 0.25) is 0 Å². The number of nitrogens with zero attached hydrogens (tertiary/aromatic N) is 1. The summed E-state index contributed by atoms with van der Waals surface area (Å²) in [6.45, 7) is 1.88. The summed E-state index contributed by atoms with van der Waals surface area (Å²) >= 11 is 0. The van der Waals surface area contributed by atoms with Crippen LogP contribution in [-0.4, -0.2) is 42.0 Å². The highest BCUT2D eigenvalue weighted by Crippen LogP contribution is 2.18. The van der Waals surface area contributed by atoms with Crippen molar-refractivity contribution in [2.75, 3.05) is 32.3 Å². The maximum absolute atomic E-state index is 11.3. The van der Waals surface area contributed by atoms with Gasteiger partial charge in [-0.2, -0.15) is 0 Å². The predicted molar refractivity (Wildman–Crippen MR) is 54.3 cm³/mol. The monoisotopic (exact) mass is 206 g/mol. The second-order valence-electron chi connectivity index (χ2n) is 3.94. The van der Waals surface area contributed by atoms with Crippen LogP contribution in [0.2, 0.25) is 0 Å². The van der Waals surface area contributed by atoms with E-state index >= 15 is 0 Å². The van der Waals surface area contributed by atoms with Gasteiger partial charge < -0.3 is 10.5 Å². The van der Waals surface area contributed by atoms with E-state index in [1.54, 1.807) is 12.5 Å². The summed E-state index contributed by atoms with van der Waals surface area (Å²) in [7, 11) is -2.01. The lowest BCUT2D eigenvalue weighted by Gasteiger charge is -2.31. The molecule has 0 aromatic rings. The average Bonchev–Trinajstić information content (AvgIpc) is 2.02. The molecule has 1 fully saturated rings. The third kappa shape index (κ3) is 4.06. The zero-order valence-electron chi connectivity index (χ0n) is 8.28. The van der Waals surface area contributed by atoms with Crippen LogP contribution in [-0.2, 0) is 14.5 Å². The summed E-state index contributed by atoms with van der Waals surface area (Å²) in [4.78, 5) is 0.